The first kappa shape index (κ1) is 15.0. The molecule has 1 aliphatic heterocycles. The molecule has 1 aromatic carbocycles. The van der Waals surface area contributed by atoms with Gasteiger partial charge in [0.1, 0.15) is 5.82 Å². The highest BCUT2D eigenvalue weighted by Crippen LogP contribution is 2.16. The van der Waals surface area contributed by atoms with Crippen LogP contribution < -0.4 is 4.90 Å². The maximum absolute atomic E-state index is 12.7. The Labute approximate surface area is 135 Å². The summed E-state index contributed by atoms with van der Waals surface area (Å²) < 4.78 is 0. The van der Waals surface area contributed by atoms with E-state index in [1.165, 1.54) is 0 Å². The van der Waals surface area contributed by atoms with E-state index in [9.17, 15) is 4.79 Å². The van der Waals surface area contributed by atoms with E-state index in [1.54, 1.807) is 12.3 Å². The molecule has 5 nitrogen and oxygen atoms in total. The van der Waals surface area contributed by atoms with Gasteiger partial charge in [-0.2, -0.15) is 5.26 Å². The molecule has 1 amide bonds. The summed E-state index contributed by atoms with van der Waals surface area (Å²) in [7, 11) is 0. The van der Waals surface area contributed by atoms with Gasteiger partial charge in [0.05, 0.1) is 12.5 Å². The van der Waals surface area contributed by atoms with E-state index < -0.39 is 0 Å². The largest absolute Gasteiger partial charge is 0.353 e. The summed E-state index contributed by atoms with van der Waals surface area (Å²) in [5.41, 5.74) is 1.44. The molecule has 0 saturated carbocycles. The van der Waals surface area contributed by atoms with Gasteiger partial charge in [0.15, 0.2) is 0 Å². The Balaban J connectivity index is 1.68. The third-order valence-electron chi connectivity index (χ3n) is 4.06. The van der Waals surface area contributed by atoms with Gasteiger partial charge in [-0.15, -0.1) is 0 Å². The van der Waals surface area contributed by atoms with E-state index in [0.29, 0.717) is 18.7 Å². The van der Waals surface area contributed by atoms with E-state index in [0.717, 1.165) is 24.5 Å². The third-order valence-corrected chi connectivity index (χ3v) is 4.06. The van der Waals surface area contributed by atoms with Crippen LogP contribution in [0.25, 0.3) is 0 Å². The van der Waals surface area contributed by atoms with Crippen molar-refractivity contribution in [2.75, 3.05) is 31.1 Å². The van der Waals surface area contributed by atoms with E-state index in [-0.39, 0.29) is 12.3 Å². The number of benzene rings is 1. The fourth-order valence-electron chi connectivity index (χ4n) is 2.82. The molecule has 23 heavy (non-hydrogen) atoms. The summed E-state index contributed by atoms with van der Waals surface area (Å²) in [5.74, 6) is 0.959. The third kappa shape index (κ3) is 3.32. The van der Waals surface area contributed by atoms with Crippen LogP contribution in [0.15, 0.2) is 48.7 Å². The summed E-state index contributed by atoms with van der Waals surface area (Å²) in [4.78, 5) is 21.1. The van der Waals surface area contributed by atoms with E-state index in [1.807, 2.05) is 41.3 Å². The molecule has 0 unspecified atom stereocenters. The van der Waals surface area contributed by atoms with Gasteiger partial charge in [-0.25, -0.2) is 4.98 Å². The SMILES string of the molecule is N#CCc1ccccc1C(=O)N1CCN(c2ccccn2)CC1. The Morgan fingerprint density at radius 3 is 2.52 bits per heavy atom. The molecular formula is C18H18N4O. The Kier molecular flexibility index (Phi) is 4.53. The Bertz CT molecular complexity index is 715. The number of nitrogens with zero attached hydrogens (tertiary/aromatic N) is 4. The molecule has 1 fully saturated rings. The predicted octanol–water partition coefficient (Wildman–Crippen LogP) is 2.11. The summed E-state index contributed by atoms with van der Waals surface area (Å²) in [6.45, 7) is 2.86. The van der Waals surface area contributed by atoms with E-state index in [2.05, 4.69) is 16.0 Å². The quantitative estimate of drug-likeness (QED) is 0.871. The smallest absolute Gasteiger partial charge is 0.254 e. The van der Waals surface area contributed by atoms with Crippen molar-refractivity contribution in [1.82, 2.24) is 9.88 Å². The lowest BCUT2D eigenvalue weighted by Gasteiger charge is -2.35. The number of aromatic nitrogens is 1. The molecular weight excluding hydrogens is 288 g/mol. The maximum atomic E-state index is 12.7. The summed E-state index contributed by atoms with van der Waals surface area (Å²) in [6, 6.07) is 15.3. The molecule has 1 aliphatic rings. The van der Waals surface area contributed by atoms with Gasteiger partial charge in [-0.1, -0.05) is 24.3 Å². The van der Waals surface area contributed by atoms with Crippen LogP contribution in [0.2, 0.25) is 0 Å². The molecule has 1 aromatic heterocycles. The first-order chi connectivity index (χ1) is 11.3. The van der Waals surface area contributed by atoms with Gasteiger partial charge in [0, 0.05) is 37.9 Å². The highest BCUT2D eigenvalue weighted by Gasteiger charge is 2.24. The molecule has 2 aromatic rings. The van der Waals surface area contributed by atoms with Crippen molar-refractivity contribution in [2.45, 2.75) is 6.42 Å². The molecule has 2 heterocycles. The molecule has 5 heteroatoms. The van der Waals surface area contributed by atoms with Crippen molar-refractivity contribution in [1.29, 1.82) is 5.26 Å². The second-order valence-corrected chi connectivity index (χ2v) is 5.46. The van der Waals surface area contributed by atoms with Crippen LogP contribution in [0.4, 0.5) is 5.82 Å². The normalized spacial score (nSPS) is 14.4. The Morgan fingerprint density at radius 2 is 1.83 bits per heavy atom. The second-order valence-electron chi connectivity index (χ2n) is 5.46. The lowest BCUT2D eigenvalue weighted by atomic mass is 10.0. The molecule has 0 spiro atoms. The van der Waals surface area contributed by atoms with Crippen molar-refractivity contribution in [3.63, 3.8) is 0 Å². The van der Waals surface area contributed by atoms with Gasteiger partial charge < -0.3 is 9.80 Å². The zero-order chi connectivity index (χ0) is 16.1. The topological polar surface area (TPSA) is 60.2 Å². The Morgan fingerprint density at radius 1 is 1.09 bits per heavy atom. The zero-order valence-corrected chi connectivity index (χ0v) is 12.9. The number of hydrogen-bond donors (Lipinski definition) is 0. The molecule has 0 bridgehead atoms. The summed E-state index contributed by atoms with van der Waals surface area (Å²) >= 11 is 0. The molecule has 3 rings (SSSR count). The summed E-state index contributed by atoms with van der Waals surface area (Å²) in [6.07, 6.45) is 2.04. The van der Waals surface area contributed by atoms with Crippen LogP contribution in [-0.2, 0) is 6.42 Å². The average Bonchev–Trinajstić information content (AvgIpc) is 2.63. The van der Waals surface area contributed by atoms with Crippen molar-refractivity contribution >= 4 is 11.7 Å². The fourth-order valence-corrected chi connectivity index (χ4v) is 2.82. The molecule has 1 saturated heterocycles. The number of hydrogen-bond acceptors (Lipinski definition) is 4. The molecule has 116 valence electrons. The minimum absolute atomic E-state index is 0.0107. The van der Waals surface area contributed by atoms with Gasteiger partial charge in [-0.3, -0.25) is 4.79 Å². The number of nitriles is 1. The van der Waals surface area contributed by atoms with Crippen LogP contribution in [0.1, 0.15) is 15.9 Å². The van der Waals surface area contributed by atoms with Crippen LogP contribution in [0, 0.1) is 11.3 Å². The van der Waals surface area contributed by atoms with E-state index in [4.69, 9.17) is 5.26 Å². The Hall–Kier alpha value is -2.87. The van der Waals surface area contributed by atoms with Crippen molar-refractivity contribution in [3.05, 3.63) is 59.8 Å². The second kappa shape index (κ2) is 6.93. The first-order valence-corrected chi connectivity index (χ1v) is 7.69. The number of carbonyl (C=O) groups excluding carboxylic acids is 1. The molecule has 0 radical (unpaired) electrons. The van der Waals surface area contributed by atoms with Crippen LogP contribution in [-0.4, -0.2) is 42.0 Å². The van der Waals surface area contributed by atoms with Crippen molar-refractivity contribution in [3.8, 4) is 6.07 Å². The lowest BCUT2D eigenvalue weighted by Crippen LogP contribution is -2.49. The number of rotatable bonds is 3. The number of anilines is 1. The number of amides is 1. The standard InChI is InChI=1S/C18H18N4O/c19-9-8-15-5-1-2-6-16(15)18(23)22-13-11-21(12-14-22)17-7-3-4-10-20-17/h1-7,10H,8,11-14H2. The zero-order valence-electron chi connectivity index (χ0n) is 12.9. The van der Waals surface area contributed by atoms with Gasteiger partial charge in [-0.05, 0) is 23.8 Å². The number of piperazine rings is 1. The minimum Gasteiger partial charge on any atom is -0.353 e. The van der Waals surface area contributed by atoms with E-state index >= 15 is 0 Å². The fraction of sp³-hybridized carbons (Fsp3) is 0.278. The highest BCUT2D eigenvalue weighted by molar-refractivity contribution is 5.96. The van der Waals surface area contributed by atoms with Gasteiger partial charge in [0.25, 0.3) is 5.91 Å². The van der Waals surface area contributed by atoms with Gasteiger partial charge in [0.2, 0.25) is 0 Å². The van der Waals surface area contributed by atoms with Gasteiger partial charge >= 0.3 is 0 Å². The van der Waals surface area contributed by atoms with Crippen LogP contribution >= 0.6 is 0 Å². The van der Waals surface area contributed by atoms with Crippen LogP contribution in [0.5, 0.6) is 0 Å². The molecule has 0 N–H and O–H groups in total. The first-order valence-electron chi connectivity index (χ1n) is 7.69. The average molecular weight is 306 g/mol. The minimum atomic E-state index is 0.0107. The maximum Gasteiger partial charge on any atom is 0.254 e. The molecule has 0 atom stereocenters. The number of pyridine rings is 1. The van der Waals surface area contributed by atoms with Crippen molar-refractivity contribution < 1.29 is 4.79 Å². The highest BCUT2D eigenvalue weighted by atomic mass is 16.2. The lowest BCUT2D eigenvalue weighted by molar-refractivity contribution is 0.0745. The predicted molar refractivity (Wildman–Crippen MR) is 88.1 cm³/mol. The van der Waals surface area contributed by atoms with Crippen LogP contribution in [0.3, 0.4) is 0 Å². The van der Waals surface area contributed by atoms with Crippen molar-refractivity contribution in [2.24, 2.45) is 0 Å². The summed E-state index contributed by atoms with van der Waals surface area (Å²) in [5, 5.41) is 8.91. The number of carbonyl (C=O) groups is 1. The monoisotopic (exact) mass is 306 g/mol. The molecule has 0 aliphatic carbocycles.